The Morgan fingerprint density at radius 3 is 2.47 bits per heavy atom. The first-order valence-electron chi connectivity index (χ1n) is 5.84. The first kappa shape index (κ1) is 11.1. The van der Waals surface area contributed by atoms with Crippen molar-refractivity contribution in [3.8, 4) is 0 Å². The second-order valence-electron chi connectivity index (χ2n) is 5.07. The van der Waals surface area contributed by atoms with Crippen molar-refractivity contribution in [2.45, 2.75) is 43.7 Å². The van der Waals surface area contributed by atoms with Gasteiger partial charge in [0.05, 0.1) is 0 Å². The Bertz CT molecular complexity index is 244. The Morgan fingerprint density at radius 2 is 2.07 bits per heavy atom. The molecule has 0 aromatic heterocycles. The fraction of sp³-hybridized carbons (Fsp3) is 0.909. The Labute approximate surface area is 97.6 Å². The Kier molecular flexibility index (Phi) is 3.16. The van der Waals surface area contributed by atoms with Gasteiger partial charge in [-0.05, 0) is 58.4 Å². The molecule has 0 amide bonds. The van der Waals surface area contributed by atoms with Gasteiger partial charge >= 0.3 is 0 Å². The summed E-state index contributed by atoms with van der Waals surface area (Å²) in [6, 6.07) is 0.654. The minimum Gasteiger partial charge on any atom is -0.361 e. The van der Waals surface area contributed by atoms with Crippen LogP contribution < -0.4 is 10.6 Å². The maximum atomic E-state index is 5.26. The van der Waals surface area contributed by atoms with E-state index in [2.05, 4.69) is 29.6 Å². The molecular weight excluding hydrogens is 206 g/mol. The standard InChI is InChI=1S/C11H21N3S/c1-14(2)11(6-3-7-11)8-12-10(15)13-9-4-5-9/h9H,3-8H2,1-2H3,(H2,12,13,15). The number of rotatable bonds is 4. The molecule has 2 aliphatic rings. The Hall–Kier alpha value is -0.350. The van der Waals surface area contributed by atoms with Crippen molar-refractivity contribution in [2.75, 3.05) is 20.6 Å². The molecular formula is C11H21N3S. The van der Waals surface area contributed by atoms with Crippen LogP contribution in [0.5, 0.6) is 0 Å². The van der Waals surface area contributed by atoms with Crippen molar-refractivity contribution in [1.29, 1.82) is 0 Å². The largest absolute Gasteiger partial charge is 0.361 e. The van der Waals surface area contributed by atoms with E-state index in [4.69, 9.17) is 12.2 Å². The van der Waals surface area contributed by atoms with E-state index >= 15 is 0 Å². The van der Waals surface area contributed by atoms with Gasteiger partial charge in [0, 0.05) is 18.1 Å². The van der Waals surface area contributed by atoms with E-state index in [1.807, 2.05) is 0 Å². The van der Waals surface area contributed by atoms with Crippen LogP contribution in [-0.2, 0) is 0 Å². The molecule has 2 fully saturated rings. The molecule has 0 aromatic carbocycles. The van der Waals surface area contributed by atoms with Gasteiger partial charge in [-0.1, -0.05) is 0 Å². The van der Waals surface area contributed by atoms with Gasteiger partial charge < -0.3 is 15.5 Å². The monoisotopic (exact) mass is 227 g/mol. The van der Waals surface area contributed by atoms with Gasteiger partial charge in [0.1, 0.15) is 0 Å². The zero-order chi connectivity index (χ0) is 10.9. The predicted molar refractivity (Wildman–Crippen MR) is 67.0 cm³/mol. The molecule has 2 saturated carbocycles. The minimum absolute atomic E-state index is 0.356. The summed E-state index contributed by atoms with van der Waals surface area (Å²) >= 11 is 5.26. The molecule has 3 nitrogen and oxygen atoms in total. The molecule has 2 N–H and O–H groups in total. The van der Waals surface area contributed by atoms with Crippen molar-refractivity contribution in [2.24, 2.45) is 0 Å². The molecule has 0 saturated heterocycles. The molecule has 0 unspecified atom stereocenters. The summed E-state index contributed by atoms with van der Waals surface area (Å²) in [7, 11) is 4.33. The average molecular weight is 227 g/mol. The zero-order valence-electron chi connectivity index (χ0n) is 9.68. The number of thiocarbonyl (C=S) groups is 1. The van der Waals surface area contributed by atoms with E-state index in [-0.39, 0.29) is 0 Å². The van der Waals surface area contributed by atoms with Crippen LogP contribution in [0.4, 0.5) is 0 Å². The predicted octanol–water partition coefficient (Wildman–Crippen LogP) is 1.10. The third-order valence-electron chi connectivity index (χ3n) is 3.72. The van der Waals surface area contributed by atoms with Crippen molar-refractivity contribution in [1.82, 2.24) is 15.5 Å². The number of likely N-dealkylation sites (N-methyl/N-ethyl adjacent to an activating group) is 1. The van der Waals surface area contributed by atoms with Gasteiger partial charge in [-0.25, -0.2) is 0 Å². The molecule has 0 aromatic rings. The van der Waals surface area contributed by atoms with Gasteiger partial charge in [0.25, 0.3) is 0 Å². The van der Waals surface area contributed by atoms with E-state index in [0.717, 1.165) is 11.7 Å². The number of nitrogens with zero attached hydrogens (tertiary/aromatic N) is 1. The van der Waals surface area contributed by atoms with Crippen molar-refractivity contribution in [3.05, 3.63) is 0 Å². The van der Waals surface area contributed by atoms with Gasteiger partial charge in [-0.15, -0.1) is 0 Å². The van der Waals surface area contributed by atoms with Gasteiger partial charge in [-0.2, -0.15) is 0 Å². The van der Waals surface area contributed by atoms with Crippen molar-refractivity contribution >= 4 is 17.3 Å². The molecule has 0 heterocycles. The SMILES string of the molecule is CN(C)C1(CNC(=S)NC2CC2)CCC1. The van der Waals surface area contributed by atoms with Crippen LogP contribution >= 0.6 is 12.2 Å². The van der Waals surface area contributed by atoms with Crippen LogP contribution in [0, 0.1) is 0 Å². The van der Waals surface area contributed by atoms with Gasteiger partial charge in [0.15, 0.2) is 5.11 Å². The number of hydrogen-bond acceptors (Lipinski definition) is 2. The quantitative estimate of drug-likeness (QED) is 0.703. The van der Waals surface area contributed by atoms with Crippen LogP contribution in [0.15, 0.2) is 0 Å². The second kappa shape index (κ2) is 4.26. The summed E-state index contributed by atoms with van der Waals surface area (Å²) in [6.07, 6.45) is 6.49. The Balaban J connectivity index is 1.73. The summed E-state index contributed by atoms with van der Waals surface area (Å²) in [4.78, 5) is 2.34. The van der Waals surface area contributed by atoms with Crippen LogP contribution in [-0.4, -0.2) is 42.2 Å². The van der Waals surface area contributed by atoms with E-state index < -0.39 is 0 Å². The highest BCUT2D eigenvalue weighted by Gasteiger charge is 2.39. The molecule has 4 heteroatoms. The second-order valence-corrected chi connectivity index (χ2v) is 5.48. The van der Waals surface area contributed by atoms with E-state index in [1.165, 1.54) is 32.1 Å². The lowest BCUT2D eigenvalue weighted by molar-refractivity contribution is 0.0648. The zero-order valence-corrected chi connectivity index (χ0v) is 10.5. The fourth-order valence-corrected chi connectivity index (χ4v) is 2.31. The molecule has 86 valence electrons. The van der Waals surface area contributed by atoms with Crippen LogP contribution in [0.3, 0.4) is 0 Å². The van der Waals surface area contributed by atoms with Gasteiger partial charge in [0.2, 0.25) is 0 Å². The molecule has 0 aliphatic heterocycles. The fourth-order valence-electron chi connectivity index (χ4n) is 2.08. The number of nitrogens with one attached hydrogen (secondary N) is 2. The molecule has 0 spiro atoms. The summed E-state index contributed by atoms with van der Waals surface area (Å²) < 4.78 is 0. The minimum atomic E-state index is 0.356. The third kappa shape index (κ3) is 2.61. The lowest BCUT2D eigenvalue weighted by atomic mass is 9.75. The smallest absolute Gasteiger partial charge is 0.166 e. The third-order valence-corrected chi connectivity index (χ3v) is 3.99. The Morgan fingerprint density at radius 1 is 1.40 bits per heavy atom. The molecule has 0 radical (unpaired) electrons. The summed E-state index contributed by atoms with van der Waals surface area (Å²) in [5.74, 6) is 0. The first-order chi connectivity index (χ1) is 7.12. The van der Waals surface area contributed by atoms with E-state index in [1.54, 1.807) is 0 Å². The van der Waals surface area contributed by atoms with Gasteiger partial charge in [-0.3, -0.25) is 0 Å². The van der Waals surface area contributed by atoms with Crippen LogP contribution in [0.25, 0.3) is 0 Å². The summed E-state index contributed by atoms with van der Waals surface area (Å²) in [5.41, 5.74) is 0.356. The number of hydrogen-bond donors (Lipinski definition) is 2. The highest BCUT2D eigenvalue weighted by atomic mass is 32.1. The molecule has 0 atom stereocenters. The average Bonchev–Trinajstić information content (AvgIpc) is 2.85. The lowest BCUT2D eigenvalue weighted by Gasteiger charge is -2.47. The summed E-state index contributed by atoms with van der Waals surface area (Å²) in [5, 5.41) is 7.51. The highest BCUT2D eigenvalue weighted by molar-refractivity contribution is 7.80. The highest BCUT2D eigenvalue weighted by Crippen LogP contribution is 2.35. The topological polar surface area (TPSA) is 27.3 Å². The molecule has 2 rings (SSSR count). The maximum absolute atomic E-state index is 5.26. The first-order valence-corrected chi connectivity index (χ1v) is 6.25. The summed E-state index contributed by atoms with van der Waals surface area (Å²) in [6.45, 7) is 0.985. The molecule has 0 bridgehead atoms. The van der Waals surface area contributed by atoms with Crippen molar-refractivity contribution in [3.63, 3.8) is 0 Å². The van der Waals surface area contributed by atoms with Crippen molar-refractivity contribution < 1.29 is 0 Å². The van der Waals surface area contributed by atoms with Crippen LogP contribution in [0.2, 0.25) is 0 Å². The lowest BCUT2D eigenvalue weighted by Crippen LogP contribution is -2.58. The van der Waals surface area contributed by atoms with Crippen LogP contribution in [0.1, 0.15) is 32.1 Å². The molecule has 2 aliphatic carbocycles. The maximum Gasteiger partial charge on any atom is 0.166 e. The normalized spacial score (nSPS) is 23.4. The van der Waals surface area contributed by atoms with E-state index in [9.17, 15) is 0 Å². The molecule has 15 heavy (non-hydrogen) atoms. The van der Waals surface area contributed by atoms with E-state index in [0.29, 0.717) is 11.6 Å².